The van der Waals surface area contributed by atoms with E-state index in [1.807, 2.05) is 0 Å². The van der Waals surface area contributed by atoms with Crippen LogP contribution in [0.4, 0.5) is 11.4 Å². The summed E-state index contributed by atoms with van der Waals surface area (Å²) in [5.74, 6) is -0.847. The summed E-state index contributed by atoms with van der Waals surface area (Å²) in [5.41, 5.74) is 1.86. The maximum Gasteiger partial charge on any atom is 0.253 e. The van der Waals surface area contributed by atoms with Crippen molar-refractivity contribution in [3.8, 4) is 0 Å². The van der Waals surface area contributed by atoms with Crippen LogP contribution in [-0.4, -0.2) is 43.3 Å². The fourth-order valence-corrected chi connectivity index (χ4v) is 3.08. The predicted octanol–water partition coefficient (Wildman–Crippen LogP) is 3.03. The summed E-state index contributed by atoms with van der Waals surface area (Å²) >= 11 is 5.88. The average molecular weight is 386 g/mol. The van der Waals surface area contributed by atoms with Crippen LogP contribution in [0.25, 0.3) is 0 Å². The van der Waals surface area contributed by atoms with Gasteiger partial charge in [-0.1, -0.05) is 11.6 Å². The first-order valence-electron chi connectivity index (χ1n) is 8.53. The zero-order chi connectivity index (χ0) is 19.6. The Balaban J connectivity index is 1.64. The number of hydrogen-bond donors (Lipinski definition) is 1. The number of benzene rings is 2. The average Bonchev–Trinajstić information content (AvgIpc) is 3.04. The molecule has 1 heterocycles. The lowest BCUT2D eigenvalue weighted by molar-refractivity contribution is -0.122. The molecule has 1 N–H and O–H groups in total. The number of carbonyl (C=O) groups excluding carboxylic acids is 3. The molecule has 1 aliphatic heterocycles. The third-order valence-electron chi connectivity index (χ3n) is 4.44. The maximum absolute atomic E-state index is 12.5. The van der Waals surface area contributed by atoms with E-state index in [2.05, 4.69) is 5.32 Å². The van der Waals surface area contributed by atoms with Crippen LogP contribution in [0, 0.1) is 5.92 Å². The molecule has 1 atom stereocenters. The molecule has 27 heavy (non-hydrogen) atoms. The van der Waals surface area contributed by atoms with Crippen LogP contribution in [0.2, 0.25) is 5.02 Å². The lowest BCUT2D eigenvalue weighted by Gasteiger charge is -2.17. The van der Waals surface area contributed by atoms with E-state index >= 15 is 0 Å². The highest BCUT2D eigenvalue weighted by molar-refractivity contribution is 6.30. The highest BCUT2D eigenvalue weighted by atomic mass is 35.5. The minimum atomic E-state index is -0.434. The molecule has 6 nitrogen and oxygen atoms in total. The maximum atomic E-state index is 12.5. The van der Waals surface area contributed by atoms with E-state index in [1.54, 1.807) is 67.5 Å². The second kappa shape index (κ2) is 7.80. The van der Waals surface area contributed by atoms with Crippen LogP contribution >= 0.6 is 11.6 Å². The molecule has 3 rings (SSSR count). The first kappa shape index (κ1) is 18.9. The summed E-state index contributed by atoms with van der Waals surface area (Å²) in [7, 11) is 3.36. The van der Waals surface area contributed by atoms with Crippen molar-refractivity contribution in [1.82, 2.24) is 4.90 Å². The molecule has 7 heteroatoms. The first-order chi connectivity index (χ1) is 12.8. The zero-order valence-corrected chi connectivity index (χ0v) is 15.9. The highest BCUT2D eigenvalue weighted by Crippen LogP contribution is 2.27. The Bertz CT molecular complexity index is 863. The molecule has 0 spiro atoms. The van der Waals surface area contributed by atoms with Crippen molar-refractivity contribution in [2.24, 2.45) is 5.92 Å². The molecule has 0 saturated carbocycles. The van der Waals surface area contributed by atoms with Gasteiger partial charge < -0.3 is 15.1 Å². The molecule has 0 bridgehead atoms. The van der Waals surface area contributed by atoms with Gasteiger partial charge in [0, 0.05) is 49.0 Å². The Morgan fingerprint density at radius 3 is 2.30 bits per heavy atom. The van der Waals surface area contributed by atoms with Gasteiger partial charge in [0.15, 0.2) is 0 Å². The summed E-state index contributed by atoms with van der Waals surface area (Å²) in [4.78, 5) is 39.8. The minimum Gasteiger partial charge on any atom is -0.345 e. The van der Waals surface area contributed by atoms with Gasteiger partial charge in [0.05, 0.1) is 5.92 Å². The predicted molar refractivity (Wildman–Crippen MR) is 105 cm³/mol. The third-order valence-corrected chi connectivity index (χ3v) is 4.69. The van der Waals surface area contributed by atoms with Gasteiger partial charge >= 0.3 is 0 Å². The monoisotopic (exact) mass is 385 g/mol. The fraction of sp³-hybridized carbons (Fsp3) is 0.250. The molecular weight excluding hydrogens is 366 g/mol. The summed E-state index contributed by atoms with van der Waals surface area (Å²) in [6.07, 6.45) is 0.158. The van der Waals surface area contributed by atoms with Crippen molar-refractivity contribution in [2.45, 2.75) is 6.42 Å². The summed E-state index contributed by atoms with van der Waals surface area (Å²) in [6.45, 7) is 0.323. The van der Waals surface area contributed by atoms with Crippen molar-refractivity contribution in [2.75, 3.05) is 30.9 Å². The second-order valence-corrected chi connectivity index (χ2v) is 7.08. The number of halogens is 1. The molecule has 140 valence electrons. The van der Waals surface area contributed by atoms with E-state index in [-0.39, 0.29) is 24.1 Å². The van der Waals surface area contributed by atoms with Crippen molar-refractivity contribution in [3.63, 3.8) is 0 Å². The Hall–Kier alpha value is -2.86. The van der Waals surface area contributed by atoms with E-state index in [9.17, 15) is 14.4 Å². The highest BCUT2D eigenvalue weighted by Gasteiger charge is 2.35. The molecule has 2 aromatic rings. The van der Waals surface area contributed by atoms with E-state index in [0.29, 0.717) is 22.8 Å². The smallest absolute Gasteiger partial charge is 0.253 e. The summed E-state index contributed by atoms with van der Waals surface area (Å²) in [6, 6.07) is 13.7. The van der Waals surface area contributed by atoms with Crippen LogP contribution in [-0.2, 0) is 9.59 Å². The SMILES string of the molecule is CN(C)C(=O)c1ccc(NC(=O)C2CC(=O)N(c3ccc(Cl)cc3)C2)cc1. The lowest BCUT2D eigenvalue weighted by atomic mass is 10.1. The van der Waals surface area contributed by atoms with Crippen molar-refractivity contribution in [1.29, 1.82) is 0 Å². The number of nitrogens with zero attached hydrogens (tertiary/aromatic N) is 2. The van der Waals surface area contributed by atoms with Gasteiger partial charge in [-0.2, -0.15) is 0 Å². The molecule has 0 radical (unpaired) electrons. The number of carbonyl (C=O) groups is 3. The van der Waals surface area contributed by atoms with E-state index < -0.39 is 5.92 Å². The Morgan fingerprint density at radius 1 is 1.07 bits per heavy atom. The second-order valence-electron chi connectivity index (χ2n) is 6.65. The number of nitrogens with one attached hydrogen (secondary N) is 1. The van der Waals surface area contributed by atoms with Crippen LogP contribution < -0.4 is 10.2 Å². The molecule has 0 aromatic heterocycles. The number of hydrogen-bond acceptors (Lipinski definition) is 3. The van der Waals surface area contributed by atoms with Crippen molar-refractivity contribution < 1.29 is 14.4 Å². The molecular formula is C20H20ClN3O3. The van der Waals surface area contributed by atoms with Crippen LogP contribution in [0.1, 0.15) is 16.8 Å². The Morgan fingerprint density at radius 2 is 1.70 bits per heavy atom. The lowest BCUT2D eigenvalue weighted by Crippen LogP contribution is -2.28. The standard InChI is InChI=1S/C20H20ClN3O3/c1-23(2)20(27)13-3-7-16(8-4-13)22-19(26)14-11-18(25)24(12-14)17-9-5-15(21)6-10-17/h3-10,14H,11-12H2,1-2H3,(H,22,26). The van der Waals surface area contributed by atoms with Gasteiger partial charge in [-0.15, -0.1) is 0 Å². The van der Waals surface area contributed by atoms with Crippen molar-refractivity contribution in [3.05, 3.63) is 59.1 Å². The fourth-order valence-electron chi connectivity index (χ4n) is 2.95. The summed E-state index contributed by atoms with van der Waals surface area (Å²) < 4.78 is 0. The molecule has 1 fully saturated rings. The summed E-state index contributed by atoms with van der Waals surface area (Å²) in [5, 5.41) is 3.41. The Kier molecular flexibility index (Phi) is 5.46. The number of anilines is 2. The third kappa shape index (κ3) is 4.28. The Labute approximate surface area is 162 Å². The minimum absolute atomic E-state index is 0.0931. The molecule has 1 aliphatic rings. The molecule has 1 unspecified atom stereocenters. The molecule has 3 amide bonds. The molecule has 1 saturated heterocycles. The van der Waals surface area contributed by atoms with Crippen LogP contribution in [0.15, 0.2) is 48.5 Å². The van der Waals surface area contributed by atoms with Gasteiger partial charge in [-0.25, -0.2) is 0 Å². The van der Waals surface area contributed by atoms with Gasteiger partial charge in [0.25, 0.3) is 5.91 Å². The number of amides is 3. The molecule has 2 aromatic carbocycles. The quantitative estimate of drug-likeness (QED) is 0.879. The van der Waals surface area contributed by atoms with Gasteiger partial charge in [-0.05, 0) is 48.5 Å². The number of rotatable bonds is 4. The van der Waals surface area contributed by atoms with Gasteiger partial charge in [0.2, 0.25) is 11.8 Å². The van der Waals surface area contributed by atoms with Crippen LogP contribution in [0.3, 0.4) is 0 Å². The van der Waals surface area contributed by atoms with Crippen LogP contribution in [0.5, 0.6) is 0 Å². The first-order valence-corrected chi connectivity index (χ1v) is 8.91. The zero-order valence-electron chi connectivity index (χ0n) is 15.1. The topological polar surface area (TPSA) is 69.7 Å². The largest absolute Gasteiger partial charge is 0.345 e. The van der Waals surface area contributed by atoms with Gasteiger partial charge in [0.1, 0.15) is 0 Å². The molecule has 0 aliphatic carbocycles. The van der Waals surface area contributed by atoms with E-state index in [1.165, 1.54) is 4.90 Å². The van der Waals surface area contributed by atoms with Crippen molar-refractivity contribution >= 4 is 40.7 Å². The van der Waals surface area contributed by atoms with E-state index in [4.69, 9.17) is 11.6 Å². The van der Waals surface area contributed by atoms with E-state index in [0.717, 1.165) is 5.69 Å². The normalized spacial score (nSPS) is 16.3. The van der Waals surface area contributed by atoms with Gasteiger partial charge in [-0.3, -0.25) is 14.4 Å².